The van der Waals surface area contributed by atoms with Crippen LogP contribution in [0.1, 0.15) is 0 Å². The lowest BCUT2D eigenvalue weighted by atomic mass is 9.95. The van der Waals surface area contributed by atoms with Crippen LogP contribution in [0.3, 0.4) is 0 Å². The quantitative estimate of drug-likeness (QED) is 0.370. The van der Waals surface area contributed by atoms with Crippen LogP contribution in [-0.4, -0.2) is 10.2 Å². The fraction of sp³-hybridized carbons (Fsp3) is 0. The zero-order valence-corrected chi connectivity index (χ0v) is 14.1. The summed E-state index contributed by atoms with van der Waals surface area (Å²) < 4.78 is 0. The van der Waals surface area contributed by atoms with E-state index in [0.717, 1.165) is 10.2 Å². The summed E-state index contributed by atoms with van der Waals surface area (Å²) in [7, 11) is 1.07. The Kier molecular flexibility index (Phi) is 2.72. The summed E-state index contributed by atoms with van der Waals surface area (Å²) in [5.41, 5.74) is 1.39. The maximum Gasteiger partial charge on any atom is 0.0401 e. The van der Waals surface area contributed by atoms with Crippen molar-refractivity contribution in [2.75, 3.05) is 0 Å². The van der Waals surface area contributed by atoms with Gasteiger partial charge in [-0.2, -0.15) is 0 Å². The van der Waals surface area contributed by atoms with Crippen LogP contribution in [0.2, 0.25) is 0 Å². The fourth-order valence-corrected chi connectivity index (χ4v) is 4.70. The van der Waals surface area contributed by atoms with Crippen LogP contribution < -0.4 is 5.19 Å². The van der Waals surface area contributed by atoms with Gasteiger partial charge in [0.1, 0.15) is 0 Å². The first kappa shape index (κ1) is 11.9. The molecule has 0 N–H and O–H groups in total. The molecule has 0 saturated carbocycles. The number of hydrogen-bond acceptors (Lipinski definition) is 1. The number of benzene rings is 3. The molecule has 0 amide bonds. The number of fused-ring (bicyclic) bond motifs is 2. The van der Waals surface area contributed by atoms with Gasteiger partial charge in [0.05, 0.1) is 0 Å². The van der Waals surface area contributed by atoms with Crippen LogP contribution in [0.5, 0.6) is 0 Å². The van der Waals surface area contributed by atoms with Crippen molar-refractivity contribution in [1.29, 1.82) is 0 Å². The molecule has 4 aromatic rings. The van der Waals surface area contributed by atoms with Crippen molar-refractivity contribution in [3.05, 3.63) is 66.0 Å². The van der Waals surface area contributed by atoms with E-state index in [4.69, 9.17) is 0 Å². The molecule has 0 nitrogen and oxygen atoms in total. The first-order valence-electron chi connectivity index (χ1n) is 6.80. The Hall–Kier alpha value is -1.90. The van der Waals surface area contributed by atoms with E-state index in [9.17, 15) is 0 Å². The molecule has 0 aliphatic carbocycles. The van der Waals surface area contributed by atoms with Crippen molar-refractivity contribution in [1.82, 2.24) is 0 Å². The molecule has 0 bridgehead atoms. The van der Waals surface area contributed by atoms with Crippen LogP contribution in [0.4, 0.5) is 0 Å². The smallest absolute Gasteiger partial charge is 0.0401 e. The molecular formula is C18H14SSi. The van der Waals surface area contributed by atoms with E-state index in [1.807, 2.05) is 11.3 Å². The predicted molar refractivity (Wildman–Crippen MR) is 94.3 cm³/mol. The summed E-state index contributed by atoms with van der Waals surface area (Å²) in [5.74, 6) is 0. The van der Waals surface area contributed by atoms with E-state index >= 15 is 0 Å². The molecule has 96 valence electrons. The molecule has 1 heterocycles. The molecule has 0 spiro atoms. The van der Waals surface area contributed by atoms with Gasteiger partial charge in [0.2, 0.25) is 0 Å². The van der Waals surface area contributed by atoms with Gasteiger partial charge < -0.3 is 0 Å². The monoisotopic (exact) mass is 290 g/mol. The highest BCUT2D eigenvalue weighted by atomic mass is 32.1. The predicted octanol–water partition coefficient (Wildman–Crippen LogP) is 3.71. The third-order valence-electron chi connectivity index (χ3n) is 3.97. The van der Waals surface area contributed by atoms with Crippen LogP contribution in [-0.2, 0) is 0 Å². The van der Waals surface area contributed by atoms with Gasteiger partial charge in [-0.3, -0.25) is 0 Å². The standard InChI is InChI=1S/C18H14SSi/c20-18-14-8-3-1-6-12(14)17(16-10-5-11-19-16)13-7-2-4-9-15(13)18/h1-11H,20H3. The largest absolute Gasteiger partial charge is 0.144 e. The second kappa shape index (κ2) is 4.58. The van der Waals surface area contributed by atoms with Crippen molar-refractivity contribution in [3.63, 3.8) is 0 Å². The van der Waals surface area contributed by atoms with E-state index in [0.29, 0.717) is 0 Å². The molecule has 0 radical (unpaired) electrons. The zero-order chi connectivity index (χ0) is 13.5. The molecule has 4 rings (SSSR count). The summed E-state index contributed by atoms with van der Waals surface area (Å²) in [6.45, 7) is 0. The molecule has 2 heteroatoms. The highest BCUT2D eigenvalue weighted by Crippen LogP contribution is 2.37. The highest BCUT2D eigenvalue weighted by molar-refractivity contribution is 7.13. The third kappa shape index (κ3) is 1.65. The average molecular weight is 290 g/mol. The van der Waals surface area contributed by atoms with Crippen LogP contribution in [0, 0.1) is 0 Å². The number of hydrogen-bond donors (Lipinski definition) is 0. The molecule has 3 aromatic carbocycles. The molecule has 0 aliphatic heterocycles. The fourth-order valence-electron chi connectivity index (χ4n) is 3.03. The van der Waals surface area contributed by atoms with Crippen LogP contribution in [0.15, 0.2) is 66.0 Å². The van der Waals surface area contributed by atoms with Gasteiger partial charge in [-0.05, 0) is 33.0 Å². The molecule has 20 heavy (non-hydrogen) atoms. The van der Waals surface area contributed by atoms with Gasteiger partial charge in [-0.25, -0.2) is 0 Å². The maximum absolute atomic E-state index is 2.27. The Balaban J connectivity index is 2.31. The minimum absolute atomic E-state index is 1.07. The van der Waals surface area contributed by atoms with Gasteiger partial charge >= 0.3 is 0 Å². The lowest BCUT2D eigenvalue weighted by Gasteiger charge is -2.13. The Labute approximate surface area is 125 Å². The van der Waals surface area contributed by atoms with E-state index in [1.165, 1.54) is 37.2 Å². The summed E-state index contributed by atoms with van der Waals surface area (Å²) in [6.07, 6.45) is 0. The Morgan fingerprint density at radius 3 is 1.70 bits per heavy atom. The number of thiophene rings is 1. The Morgan fingerprint density at radius 2 is 1.20 bits per heavy atom. The summed E-state index contributed by atoms with van der Waals surface area (Å²) in [6, 6.07) is 22.0. The average Bonchev–Trinajstić information content (AvgIpc) is 3.02. The molecule has 0 saturated heterocycles. The second-order valence-corrected chi connectivity index (χ2v) is 7.02. The third-order valence-corrected chi connectivity index (χ3v) is 5.93. The number of rotatable bonds is 1. The first-order chi connectivity index (χ1) is 9.86. The summed E-state index contributed by atoms with van der Waals surface area (Å²) in [5, 5.41) is 9.28. The summed E-state index contributed by atoms with van der Waals surface area (Å²) >= 11 is 1.82. The lowest BCUT2D eigenvalue weighted by molar-refractivity contribution is 1.77. The minimum Gasteiger partial charge on any atom is -0.144 e. The minimum atomic E-state index is 1.07. The molecule has 0 fully saturated rings. The van der Waals surface area contributed by atoms with Crippen LogP contribution in [0.25, 0.3) is 32.0 Å². The van der Waals surface area contributed by atoms with Crippen LogP contribution >= 0.6 is 11.3 Å². The Morgan fingerprint density at radius 1 is 0.650 bits per heavy atom. The van der Waals surface area contributed by atoms with E-state index in [-0.39, 0.29) is 0 Å². The van der Waals surface area contributed by atoms with Gasteiger partial charge in [-0.15, -0.1) is 11.3 Å². The molecule has 0 unspecified atom stereocenters. The van der Waals surface area contributed by atoms with Gasteiger partial charge in [0.25, 0.3) is 0 Å². The van der Waals surface area contributed by atoms with E-state index < -0.39 is 0 Å². The topological polar surface area (TPSA) is 0 Å². The maximum atomic E-state index is 2.27. The zero-order valence-electron chi connectivity index (χ0n) is 11.3. The first-order valence-corrected chi connectivity index (χ1v) is 8.68. The SMILES string of the molecule is [SiH3]c1c2ccccc2c(-c2cccs2)c2ccccc12. The van der Waals surface area contributed by atoms with Crippen molar-refractivity contribution in [3.8, 4) is 10.4 Å². The second-order valence-electron chi connectivity index (χ2n) is 5.07. The van der Waals surface area contributed by atoms with Crippen molar-refractivity contribution in [2.24, 2.45) is 0 Å². The van der Waals surface area contributed by atoms with E-state index in [2.05, 4.69) is 66.0 Å². The molecule has 0 aliphatic rings. The summed E-state index contributed by atoms with van der Waals surface area (Å²) in [4.78, 5) is 1.36. The molecule has 1 aromatic heterocycles. The highest BCUT2D eigenvalue weighted by Gasteiger charge is 2.12. The van der Waals surface area contributed by atoms with Gasteiger partial charge in [0, 0.05) is 20.7 Å². The Bertz CT molecular complexity index is 850. The van der Waals surface area contributed by atoms with Crippen molar-refractivity contribution >= 4 is 48.3 Å². The van der Waals surface area contributed by atoms with Gasteiger partial charge in [-0.1, -0.05) is 59.8 Å². The van der Waals surface area contributed by atoms with E-state index in [1.54, 1.807) is 0 Å². The normalized spacial score (nSPS) is 11.4. The lowest BCUT2D eigenvalue weighted by Crippen LogP contribution is -2.06. The molecule has 0 atom stereocenters. The van der Waals surface area contributed by atoms with Crippen molar-refractivity contribution in [2.45, 2.75) is 0 Å². The van der Waals surface area contributed by atoms with Gasteiger partial charge in [0.15, 0.2) is 0 Å². The van der Waals surface area contributed by atoms with Crippen molar-refractivity contribution < 1.29 is 0 Å². The molecular weight excluding hydrogens is 276 g/mol.